The Morgan fingerprint density at radius 3 is 2.54 bits per heavy atom. The zero-order valence-electron chi connectivity index (χ0n) is 14.7. The Balaban J connectivity index is 1.61. The van der Waals surface area contributed by atoms with E-state index in [1.165, 1.54) is 5.56 Å². The van der Waals surface area contributed by atoms with Crippen molar-refractivity contribution in [2.24, 2.45) is 0 Å². The largest absolute Gasteiger partial charge is 0.376 e. The quantitative estimate of drug-likeness (QED) is 0.866. The van der Waals surface area contributed by atoms with Gasteiger partial charge in [-0.05, 0) is 36.0 Å². The van der Waals surface area contributed by atoms with Gasteiger partial charge in [0.15, 0.2) is 0 Å². The van der Waals surface area contributed by atoms with Crippen LogP contribution < -0.4 is 10.6 Å². The van der Waals surface area contributed by atoms with E-state index in [9.17, 15) is 0 Å². The molecule has 1 fully saturated rings. The molecule has 0 bridgehead atoms. The first kappa shape index (κ1) is 16.7. The predicted octanol–water partition coefficient (Wildman–Crippen LogP) is 4.11. The normalized spacial score (nSPS) is 17.7. The van der Waals surface area contributed by atoms with Crippen LogP contribution in [0.15, 0.2) is 36.7 Å². The summed E-state index contributed by atoms with van der Waals surface area (Å²) in [5.74, 6) is 1.60. The van der Waals surface area contributed by atoms with Gasteiger partial charge in [0.25, 0.3) is 0 Å². The first-order valence-electron chi connectivity index (χ1n) is 8.56. The molecule has 2 N–H and O–H groups in total. The fourth-order valence-corrected chi connectivity index (χ4v) is 2.75. The second kappa shape index (κ2) is 7.18. The van der Waals surface area contributed by atoms with E-state index in [4.69, 9.17) is 4.74 Å². The molecule has 1 aliphatic heterocycles. The van der Waals surface area contributed by atoms with Gasteiger partial charge in [0.05, 0.1) is 6.10 Å². The van der Waals surface area contributed by atoms with Gasteiger partial charge in [0, 0.05) is 24.9 Å². The van der Waals surface area contributed by atoms with Gasteiger partial charge in [0.2, 0.25) is 0 Å². The van der Waals surface area contributed by atoms with Gasteiger partial charge < -0.3 is 15.4 Å². The van der Waals surface area contributed by atoms with Crippen molar-refractivity contribution in [1.82, 2.24) is 9.97 Å². The van der Waals surface area contributed by atoms with Crippen molar-refractivity contribution >= 4 is 17.3 Å². The lowest BCUT2D eigenvalue weighted by Crippen LogP contribution is -2.19. The second-order valence-electron chi connectivity index (χ2n) is 7.26. The molecule has 1 atom stereocenters. The molecule has 0 spiro atoms. The third-order valence-electron chi connectivity index (χ3n) is 4.23. The molecule has 5 heteroatoms. The Labute approximate surface area is 143 Å². The topological polar surface area (TPSA) is 59.1 Å². The molecule has 0 aliphatic carbocycles. The van der Waals surface area contributed by atoms with Crippen LogP contribution in [0, 0.1) is 0 Å². The summed E-state index contributed by atoms with van der Waals surface area (Å²) in [5.41, 5.74) is 2.49. The Hall–Kier alpha value is -2.14. The molecule has 2 heterocycles. The van der Waals surface area contributed by atoms with E-state index < -0.39 is 0 Å². The van der Waals surface area contributed by atoms with Crippen LogP contribution >= 0.6 is 0 Å². The van der Waals surface area contributed by atoms with Crippen molar-refractivity contribution in [2.45, 2.75) is 45.1 Å². The summed E-state index contributed by atoms with van der Waals surface area (Å²) < 4.78 is 5.62. The average Bonchev–Trinajstić information content (AvgIpc) is 3.06. The number of benzene rings is 1. The number of hydrogen-bond donors (Lipinski definition) is 2. The Morgan fingerprint density at radius 2 is 1.88 bits per heavy atom. The van der Waals surface area contributed by atoms with Crippen molar-refractivity contribution in [1.29, 1.82) is 0 Å². The fourth-order valence-electron chi connectivity index (χ4n) is 2.75. The van der Waals surface area contributed by atoms with Crippen LogP contribution in [-0.2, 0) is 10.2 Å². The molecule has 128 valence electrons. The van der Waals surface area contributed by atoms with Crippen LogP contribution in [0.5, 0.6) is 0 Å². The molecule has 5 nitrogen and oxygen atoms in total. The number of ether oxygens (including phenoxy) is 1. The maximum Gasteiger partial charge on any atom is 0.135 e. The van der Waals surface area contributed by atoms with Crippen molar-refractivity contribution in [2.75, 3.05) is 23.8 Å². The molecule has 1 aromatic heterocycles. The molecule has 0 radical (unpaired) electrons. The molecule has 24 heavy (non-hydrogen) atoms. The summed E-state index contributed by atoms with van der Waals surface area (Å²) in [6.07, 6.45) is 4.13. The molecular formula is C19H26N4O. The lowest BCUT2D eigenvalue weighted by molar-refractivity contribution is 0.120. The Kier molecular flexibility index (Phi) is 5.00. The lowest BCUT2D eigenvalue weighted by Gasteiger charge is -2.19. The Bertz CT molecular complexity index is 658. The van der Waals surface area contributed by atoms with Crippen LogP contribution in [0.2, 0.25) is 0 Å². The third kappa shape index (κ3) is 4.45. The van der Waals surface area contributed by atoms with Crippen molar-refractivity contribution in [3.63, 3.8) is 0 Å². The molecule has 3 rings (SSSR count). The smallest absolute Gasteiger partial charge is 0.135 e. The number of nitrogens with one attached hydrogen (secondary N) is 2. The van der Waals surface area contributed by atoms with Gasteiger partial charge in [-0.15, -0.1) is 0 Å². The highest BCUT2D eigenvalue weighted by Crippen LogP contribution is 2.24. The summed E-state index contributed by atoms with van der Waals surface area (Å²) in [5, 5.41) is 6.65. The SMILES string of the molecule is CC(C)(C)c1ccc(Nc2cc(NCC3CCCO3)ncn2)cc1. The van der Waals surface area contributed by atoms with E-state index >= 15 is 0 Å². The maximum absolute atomic E-state index is 5.62. The maximum atomic E-state index is 5.62. The highest BCUT2D eigenvalue weighted by atomic mass is 16.5. The molecule has 1 aromatic carbocycles. The zero-order chi connectivity index (χ0) is 17.0. The van der Waals surface area contributed by atoms with Crippen molar-refractivity contribution in [3.05, 3.63) is 42.2 Å². The lowest BCUT2D eigenvalue weighted by atomic mass is 9.87. The van der Waals surface area contributed by atoms with Crippen LogP contribution in [-0.4, -0.2) is 29.2 Å². The molecule has 2 aromatic rings. The van der Waals surface area contributed by atoms with Gasteiger partial charge in [-0.1, -0.05) is 32.9 Å². The van der Waals surface area contributed by atoms with E-state index in [0.29, 0.717) is 6.10 Å². The molecule has 1 unspecified atom stereocenters. The standard InChI is InChI=1S/C19H26N4O/c1-19(2,3)14-6-8-15(9-7-14)23-18-11-17(21-13-22-18)20-12-16-5-4-10-24-16/h6-9,11,13,16H,4-5,10,12H2,1-3H3,(H2,20,21,22,23). The summed E-state index contributed by atoms with van der Waals surface area (Å²) in [7, 11) is 0. The van der Waals surface area contributed by atoms with Gasteiger partial charge in [-0.2, -0.15) is 0 Å². The summed E-state index contributed by atoms with van der Waals surface area (Å²) in [6, 6.07) is 10.4. The fraction of sp³-hybridized carbons (Fsp3) is 0.474. The number of anilines is 3. The first-order chi connectivity index (χ1) is 11.5. The number of aromatic nitrogens is 2. The summed E-state index contributed by atoms with van der Waals surface area (Å²) >= 11 is 0. The minimum atomic E-state index is 0.160. The van der Waals surface area contributed by atoms with Gasteiger partial charge in [0.1, 0.15) is 18.0 Å². The minimum absolute atomic E-state index is 0.160. The first-order valence-corrected chi connectivity index (χ1v) is 8.56. The number of hydrogen-bond acceptors (Lipinski definition) is 5. The number of rotatable bonds is 5. The highest BCUT2D eigenvalue weighted by molar-refractivity contribution is 5.59. The molecular weight excluding hydrogens is 300 g/mol. The van der Waals surface area contributed by atoms with E-state index in [2.05, 4.69) is 65.6 Å². The highest BCUT2D eigenvalue weighted by Gasteiger charge is 2.15. The van der Waals surface area contributed by atoms with E-state index in [1.807, 2.05) is 6.07 Å². The van der Waals surface area contributed by atoms with Crippen LogP contribution in [0.25, 0.3) is 0 Å². The number of nitrogens with zero attached hydrogens (tertiary/aromatic N) is 2. The Morgan fingerprint density at radius 1 is 1.12 bits per heavy atom. The molecule has 0 saturated carbocycles. The predicted molar refractivity (Wildman–Crippen MR) is 97.9 cm³/mol. The van der Waals surface area contributed by atoms with Crippen molar-refractivity contribution < 1.29 is 4.74 Å². The van der Waals surface area contributed by atoms with E-state index in [-0.39, 0.29) is 5.41 Å². The zero-order valence-corrected chi connectivity index (χ0v) is 14.7. The van der Waals surface area contributed by atoms with Crippen LogP contribution in [0.3, 0.4) is 0 Å². The van der Waals surface area contributed by atoms with Crippen LogP contribution in [0.1, 0.15) is 39.2 Å². The molecule has 1 saturated heterocycles. The second-order valence-corrected chi connectivity index (χ2v) is 7.26. The van der Waals surface area contributed by atoms with Gasteiger partial charge >= 0.3 is 0 Å². The van der Waals surface area contributed by atoms with Crippen LogP contribution in [0.4, 0.5) is 17.3 Å². The monoisotopic (exact) mass is 326 g/mol. The van der Waals surface area contributed by atoms with E-state index in [1.54, 1.807) is 6.33 Å². The molecule has 1 aliphatic rings. The van der Waals surface area contributed by atoms with Gasteiger partial charge in [-0.3, -0.25) is 0 Å². The summed E-state index contributed by atoms with van der Waals surface area (Å²) in [6.45, 7) is 8.30. The summed E-state index contributed by atoms with van der Waals surface area (Å²) in [4.78, 5) is 8.56. The minimum Gasteiger partial charge on any atom is -0.376 e. The van der Waals surface area contributed by atoms with Crippen molar-refractivity contribution in [3.8, 4) is 0 Å². The van der Waals surface area contributed by atoms with E-state index in [0.717, 1.165) is 43.3 Å². The molecule has 0 amide bonds. The van der Waals surface area contributed by atoms with Gasteiger partial charge in [-0.25, -0.2) is 9.97 Å². The third-order valence-corrected chi connectivity index (χ3v) is 4.23. The average molecular weight is 326 g/mol.